The van der Waals surface area contributed by atoms with E-state index in [-0.39, 0.29) is 12.2 Å². The molecule has 1 aromatic rings. The van der Waals surface area contributed by atoms with Gasteiger partial charge in [-0.15, -0.1) is 0 Å². The SMILES string of the molecule is COC(=O)CN/C=C(/C#N)C(=O)Nc1cccc(C(F)(F)F)c1. The summed E-state index contributed by atoms with van der Waals surface area (Å²) in [5.74, 6) is -1.53. The molecule has 0 atom stereocenters. The fraction of sp³-hybridized carbons (Fsp3) is 0.214. The summed E-state index contributed by atoms with van der Waals surface area (Å²) in [6.07, 6.45) is -3.57. The topological polar surface area (TPSA) is 91.2 Å². The standard InChI is InChI=1S/C14H12F3N3O3/c1-23-12(21)8-19-7-9(6-18)13(22)20-11-4-2-3-10(5-11)14(15,16)17/h2-5,7,19H,8H2,1H3,(H,20,22)/b9-7-. The van der Waals surface area contributed by atoms with Gasteiger partial charge in [-0.05, 0) is 18.2 Å². The average Bonchev–Trinajstić information content (AvgIpc) is 2.50. The van der Waals surface area contributed by atoms with E-state index in [0.29, 0.717) is 0 Å². The Morgan fingerprint density at radius 3 is 2.65 bits per heavy atom. The second-order valence-electron chi connectivity index (χ2n) is 4.16. The smallest absolute Gasteiger partial charge is 0.416 e. The molecule has 0 spiro atoms. The molecule has 122 valence electrons. The van der Waals surface area contributed by atoms with Crippen LogP contribution in [0.5, 0.6) is 0 Å². The van der Waals surface area contributed by atoms with Crippen LogP contribution < -0.4 is 10.6 Å². The molecule has 0 saturated carbocycles. The van der Waals surface area contributed by atoms with E-state index in [9.17, 15) is 22.8 Å². The van der Waals surface area contributed by atoms with Crippen molar-refractivity contribution < 1.29 is 27.5 Å². The van der Waals surface area contributed by atoms with Crippen molar-refractivity contribution in [1.82, 2.24) is 5.32 Å². The third-order valence-corrected chi connectivity index (χ3v) is 2.53. The van der Waals surface area contributed by atoms with Crippen LogP contribution in [0.25, 0.3) is 0 Å². The highest BCUT2D eigenvalue weighted by atomic mass is 19.4. The summed E-state index contributed by atoms with van der Waals surface area (Å²) in [7, 11) is 1.17. The number of nitrogens with one attached hydrogen (secondary N) is 2. The lowest BCUT2D eigenvalue weighted by Crippen LogP contribution is -2.22. The first-order chi connectivity index (χ1) is 10.8. The van der Waals surface area contributed by atoms with Gasteiger partial charge in [0.05, 0.1) is 12.7 Å². The predicted octanol–water partition coefficient (Wildman–Crippen LogP) is 1.81. The summed E-state index contributed by atoms with van der Waals surface area (Å²) in [6.45, 7) is -0.265. The number of nitriles is 1. The summed E-state index contributed by atoms with van der Waals surface area (Å²) in [6, 6.07) is 5.55. The fourth-order valence-corrected chi connectivity index (χ4v) is 1.43. The molecular formula is C14H12F3N3O3. The number of alkyl halides is 3. The Labute approximate surface area is 129 Å². The molecule has 1 amide bonds. The Morgan fingerprint density at radius 1 is 1.39 bits per heavy atom. The zero-order valence-electron chi connectivity index (χ0n) is 11.9. The van der Waals surface area contributed by atoms with Crippen molar-refractivity contribution in [3.8, 4) is 6.07 Å². The molecule has 1 rings (SSSR count). The molecule has 0 aliphatic heterocycles. The molecule has 0 heterocycles. The number of carbonyl (C=O) groups is 2. The van der Waals surface area contributed by atoms with Gasteiger partial charge < -0.3 is 15.4 Å². The second kappa shape index (κ2) is 7.84. The van der Waals surface area contributed by atoms with Gasteiger partial charge >= 0.3 is 12.1 Å². The normalized spacial score (nSPS) is 11.3. The summed E-state index contributed by atoms with van der Waals surface area (Å²) in [5.41, 5.74) is -1.45. The lowest BCUT2D eigenvalue weighted by Gasteiger charge is -2.09. The molecule has 0 saturated heterocycles. The van der Waals surface area contributed by atoms with Crippen molar-refractivity contribution >= 4 is 17.6 Å². The Morgan fingerprint density at radius 2 is 2.09 bits per heavy atom. The minimum atomic E-state index is -4.54. The molecule has 0 fully saturated rings. The van der Waals surface area contributed by atoms with E-state index in [1.54, 1.807) is 6.07 Å². The summed E-state index contributed by atoms with van der Waals surface area (Å²) in [4.78, 5) is 22.7. The molecule has 0 aromatic heterocycles. The monoisotopic (exact) mass is 327 g/mol. The number of anilines is 1. The number of hydrogen-bond acceptors (Lipinski definition) is 5. The van der Waals surface area contributed by atoms with Crippen LogP contribution in [-0.2, 0) is 20.5 Å². The summed E-state index contributed by atoms with van der Waals surface area (Å²) >= 11 is 0. The third-order valence-electron chi connectivity index (χ3n) is 2.53. The second-order valence-corrected chi connectivity index (χ2v) is 4.16. The maximum absolute atomic E-state index is 12.6. The van der Waals surface area contributed by atoms with E-state index in [2.05, 4.69) is 15.4 Å². The van der Waals surface area contributed by atoms with Crippen molar-refractivity contribution in [2.24, 2.45) is 0 Å². The molecule has 1 aromatic carbocycles. The van der Waals surface area contributed by atoms with Gasteiger partial charge in [0.2, 0.25) is 0 Å². The zero-order valence-corrected chi connectivity index (χ0v) is 11.9. The largest absolute Gasteiger partial charge is 0.468 e. The summed E-state index contributed by atoms with van der Waals surface area (Å²) < 4.78 is 42.1. The number of benzene rings is 1. The van der Waals surface area contributed by atoms with Crippen molar-refractivity contribution in [2.45, 2.75) is 6.18 Å². The number of amides is 1. The first kappa shape index (κ1) is 18.0. The van der Waals surface area contributed by atoms with Gasteiger partial charge in [-0.25, -0.2) is 0 Å². The minimum absolute atomic E-state index is 0.112. The zero-order chi connectivity index (χ0) is 17.5. The van der Waals surface area contributed by atoms with Crippen LogP contribution in [0.1, 0.15) is 5.56 Å². The number of nitrogens with zero attached hydrogens (tertiary/aromatic N) is 1. The first-order valence-electron chi connectivity index (χ1n) is 6.17. The van der Waals surface area contributed by atoms with Gasteiger partial charge in [-0.2, -0.15) is 18.4 Å². The lowest BCUT2D eigenvalue weighted by atomic mass is 10.2. The number of halogens is 3. The van der Waals surface area contributed by atoms with Crippen LogP contribution in [0.4, 0.5) is 18.9 Å². The van der Waals surface area contributed by atoms with Crippen molar-refractivity contribution in [3.05, 3.63) is 41.6 Å². The van der Waals surface area contributed by atoms with Gasteiger partial charge in [0.1, 0.15) is 18.2 Å². The van der Waals surface area contributed by atoms with E-state index in [0.717, 1.165) is 24.4 Å². The maximum atomic E-state index is 12.6. The van der Waals surface area contributed by atoms with E-state index in [1.165, 1.54) is 13.2 Å². The van der Waals surface area contributed by atoms with Gasteiger partial charge in [-0.1, -0.05) is 6.07 Å². The van der Waals surface area contributed by atoms with Crippen LogP contribution in [-0.4, -0.2) is 25.5 Å². The molecule has 0 radical (unpaired) electrons. The number of ether oxygens (including phenoxy) is 1. The van der Waals surface area contributed by atoms with Gasteiger partial charge in [-0.3, -0.25) is 9.59 Å². The van der Waals surface area contributed by atoms with E-state index in [4.69, 9.17) is 5.26 Å². The maximum Gasteiger partial charge on any atom is 0.416 e. The Kier molecular flexibility index (Phi) is 6.14. The van der Waals surface area contributed by atoms with Crippen molar-refractivity contribution in [1.29, 1.82) is 5.26 Å². The van der Waals surface area contributed by atoms with Crippen molar-refractivity contribution in [2.75, 3.05) is 19.0 Å². The quantitative estimate of drug-likeness (QED) is 0.489. The molecular weight excluding hydrogens is 315 g/mol. The Balaban J connectivity index is 2.79. The molecule has 2 N–H and O–H groups in total. The van der Waals surface area contributed by atoms with Crippen molar-refractivity contribution in [3.63, 3.8) is 0 Å². The molecule has 9 heteroatoms. The van der Waals surface area contributed by atoms with E-state index >= 15 is 0 Å². The molecule has 6 nitrogen and oxygen atoms in total. The minimum Gasteiger partial charge on any atom is -0.468 e. The molecule has 23 heavy (non-hydrogen) atoms. The highest BCUT2D eigenvalue weighted by molar-refractivity contribution is 6.06. The fourth-order valence-electron chi connectivity index (χ4n) is 1.43. The van der Waals surface area contributed by atoms with E-state index in [1.807, 2.05) is 0 Å². The average molecular weight is 327 g/mol. The highest BCUT2D eigenvalue weighted by Gasteiger charge is 2.30. The van der Waals surface area contributed by atoms with Crippen LogP contribution >= 0.6 is 0 Å². The molecule has 0 aliphatic rings. The third kappa shape index (κ3) is 5.70. The first-order valence-corrected chi connectivity index (χ1v) is 6.17. The number of hydrogen-bond donors (Lipinski definition) is 2. The molecule has 0 unspecified atom stereocenters. The van der Waals surface area contributed by atoms with Crippen LogP contribution in [0.2, 0.25) is 0 Å². The highest BCUT2D eigenvalue weighted by Crippen LogP contribution is 2.30. The van der Waals surface area contributed by atoms with E-state index < -0.39 is 29.2 Å². The Hall–Kier alpha value is -3.02. The van der Waals surface area contributed by atoms with Gasteiger partial charge in [0.15, 0.2) is 0 Å². The van der Waals surface area contributed by atoms with Gasteiger partial charge in [0.25, 0.3) is 5.91 Å². The molecule has 0 aliphatic carbocycles. The number of rotatable bonds is 5. The number of carbonyl (C=O) groups excluding carboxylic acids is 2. The predicted molar refractivity (Wildman–Crippen MR) is 73.8 cm³/mol. The van der Waals surface area contributed by atoms with Crippen LogP contribution in [0, 0.1) is 11.3 Å². The summed E-state index contributed by atoms with van der Waals surface area (Å²) in [5, 5.41) is 13.4. The number of methoxy groups -OCH3 is 1. The van der Waals surface area contributed by atoms with Crippen LogP contribution in [0.3, 0.4) is 0 Å². The lowest BCUT2D eigenvalue weighted by molar-refractivity contribution is -0.139. The van der Waals surface area contributed by atoms with Crippen LogP contribution in [0.15, 0.2) is 36.0 Å². The number of esters is 1. The molecule has 0 bridgehead atoms. The van der Waals surface area contributed by atoms with Gasteiger partial charge in [0, 0.05) is 11.9 Å². The Bertz CT molecular complexity index is 663.